The van der Waals surface area contributed by atoms with Gasteiger partial charge in [0.05, 0.1) is 11.8 Å². The second kappa shape index (κ2) is 10.1. The Morgan fingerprint density at radius 3 is 2.62 bits per heavy atom. The molecule has 3 aromatic heterocycles. The molecule has 0 spiro atoms. The number of amides is 1. The zero-order chi connectivity index (χ0) is 20.6. The molecule has 1 aliphatic rings. The molecule has 29 heavy (non-hydrogen) atoms. The highest BCUT2D eigenvalue weighted by atomic mass is 32.1. The van der Waals surface area contributed by atoms with E-state index in [1.54, 1.807) is 24.3 Å². The molecule has 152 valence electrons. The molecule has 1 aliphatic heterocycles. The molecule has 0 radical (unpaired) electrons. The Bertz CT molecular complexity index is 930. The molecule has 0 bridgehead atoms. The summed E-state index contributed by atoms with van der Waals surface area (Å²) in [6.45, 7) is 6.10. The summed E-state index contributed by atoms with van der Waals surface area (Å²) < 4.78 is 10.4. The predicted octanol–water partition coefficient (Wildman–Crippen LogP) is 4.60. The molecule has 3 aromatic rings. The van der Waals surface area contributed by atoms with Gasteiger partial charge in [0.25, 0.3) is 5.91 Å². The summed E-state index contributed by atoms with van der Waals surface area (Å²) in [6.07, 6.45) is 6.21. The average Bonchev–Trinajstić information content (AvgIpc) is 3.39. The molecule has 7 nitrogen and oxygen atoms in total. The first-order chi connectivity index (χ1) is 14.1. The summed E-state index contributed by atoms with van der Waals surface area (Å²) in [4.78, 5) is 32.0. The van der Waals surface area contributed by atoms with E-state index in [1.807, 2.05) is 6.92 Å². The van der Waals surface area contributed by atoms with Gasteiger partial charge in [0, 0.05) is 25.1 Å². The fraction of sp³-hybridized carbons (Fsp3) is 0.333. The summed E-state index contributed by atoms with van der Waals surface area (Å²) in [5, 5.41) is 3.00. The Kier molecular flexibility index (Phi) is 7.26. The highest BCUT2D eigenvalue weighted by Crippen LogP contribution is 2.30. The fourth-order valence-corrected chi connectivity index (χ4v) is 3.42. The predicted molar refractivity (Wildman–Crippen MR) is 111 cm³/mol. The number of aldehydes is 1. The quantitative estimate of drug-likeness (QED) is 0.628. The third-order valence-electron chi connectivity index (χ3n) is 4.42. The van der Waals surface area contributed by atoms with Gasteiger partial charge < -0.3 is 9.15 Å². The van der Waals surface area contributed by atoms with Crippen LogP contribution in [-0.2, 0) is 4.74 Å². The fourth-order valence-electron chi connectivity index (χ4n) is 2.64. The minimum absolute atomic E-state index is 0.329. The normalized spacial score (nSPS) is 14.0. The van der Waals surface area contributed by atoms with Gasteiger partial charge in [0.1, 0.15) is 10.6 Å². The summed E-state index contributed by atoms with van der Waals surface area (Å²) >= 11 is 1.09. The zero-order valence-electron chi connectivity index (χ0n) is 16.4. The van der Waals surface area contributed by atoms with Crippen molar-refractivity contribution < 1.29 is 18.7 Å². The minimum atomic E-state index is -0.329. The number of thiazole rings is 1. The Morgan fingerprint density at radius 2 is 2.07 bits per heavy atom. The molecular weight excluding hydrogens is 390 g/mol. The van der Waals surface area contributed by atoms with Crippen LogP contribution in [0.1, 0.15) is 45.5 Å². The lowest BCUT2D eigenvalue weighted by molar-refractivity contribution is 0.0716. The van der Waals surface area contributed by atoms with Crippen molar-refractivity contribution in [1.82, 2.24) is 9.97 Å². The molecule has 1 N–H and O–H groups in total. The summed E-state index contributed by atoms with van der Waals surface area (Å²) in [7, 11) is 0. The van der Waals surface area contributed by atoms with Gasteiger partial charge >= 0.3 is 0 Å². The van der Waals surface area contributed by atoms with Crippen LogP contribution in [-0.4, -0.2) is 35.4 Å². The first-order valence-electron chi connectivity index (χ1n) is 9.38. The molecule has 0 atom stereocenters. The van der Waals surface area contributed by atoms with Crippen molar-refractivity contribution in [3.8, 4) is 11.5 Å². The topological polar surface area (TPSA) is 94.3 Å². The third-order valence-corrected chi connectivity index (χ3v) is 5.32. The van der Waals surface area contributed by atoms with Crippen LogP contribution in [0.15, 0.2) is 41.1 Å². The molecule has 1 fully saturated rings. The van der Waals surface area contributed by atoms with Gasteiger partial charge in [-0.25, -0.2) is 4.98 Å². The van der Waals surface area contributed by atoms with Crippen LogP contribution in [0.4, 0.5) is 5.13 Å². The van der Waals surface area contributed by atoms with Crippen LogP contribution in [0.25, 0.3) is 11.5 Å². The van der Waals surface area contributed by atoms with Crippen LogP contribution < -0.4 is 5.32 Å². The van der Waals surface area contributed by atoms with Crippen LogP contribution >= 0.6 is 11.3 Å². The second-order valence-corrected chi connectivity index (χ2v) is 7.79. The molecule has 0 aromatic carbocycles. The summed E-state index contributed by atoms with van der Waals surface area (Å²) in [6, 6.07) is 6.85. The number of hydrogen-bond donors (Lipinski definition) is 1. The molecule has 0 unspecified atom stereocenters. The SMILES string of the molecule is CC1CCOCC1.Cc1ccc(C(=O)Nc2nc(-c3ccco3)c(C=O)s2)cn1. The average molecular weight is 413 g/mol. The second-order valence-electron chi connectivity index (χ2n) is 6.76. The number of nitrogens with one attached hydrogen (secondary N) is 1. The van der Waals surface area contributed by atoms with E-state index in [0.717, 1.165) is 36.2 Å². The molecule has 8 heteroatoms. The lowest BCUT2D eigenvalue weighted by Crippen LogP contribution is -2.12. The largest absolute Gasteiger partial charge is 0.463 e. The molecule has 0 saturated carbocycles. The zero-order valence-corrected chi connectivity index (χ0v) is 17.2. The number of anilines is 1. The molecule has 1 amide bonds. The van der Waals surface area contributed by atoms with Gasteiger partial charge in [-0.1, -0.05) is 18.3 Å². The van der Waals surface area contributed by atoms with Crippen LogP contribution in [0.5, 0.6) is 0 Å². The first kappa shape index (κ1) is 20.9. The van der Waals surface area contributed by atoms with Gasteiger partial charge in [-0.15, -0.1) is 0 Å². The number of carbonyl (C=O) groups is 2. The molecule has 4 heterocycles. The standard InChI is InChI=1S/C15H11N3O3S.C6H12O/c1-9-4-5-10(7-16-9)14(20)18-15-17-13(12(8-19)22-15)11-3-2-6-21-11;1-6-2-4-7-5-3-6/h2-8H,1H3,(H,17,18,20);6H,2-5H2,1H3. The highest BCUT2D eigenvalue weighted by molar-refractivity contribution is 7.17. The number of ether oxygens (including phenoxy) is 1. The Morgan fingerprint density at radius 1 is 1.28 bits per heavy atom. The summed E-state index contributed by atoms with van der Waals surface area (Å²) in [5.74, 6) is 1.06. The smallest absolute Gasteiger partial charge is 0.259 e. The van der Waals surface area contributed by atoms with Crippen molar-refractivity contribution in [1.29, 1.82) is 0 Å². The number of pyridine rings is 1. The van der Waals surface area contributed by atoms with Crippen LogP contribution in [0, 0.1) is 12.8 Å². The molecule has 4 rings (SSSR count). The number of furan rings is 1. The third kappa shape index (κ3) is 5.82. The van der Waals surface area contributed by atoms with Crippen LogP contribution in [0.3, 0.4) is 0 Å². The van der Waals surface area contributed by atoms with Gasteiger partial charge in [0.15, 0.2) is 17.2 Å². The van der Waals surface area contributed by atoms with Crippen molar-refractivity contribution >= 4 is 28.7 Å². The van der Waals surface area contributed by atoms with E-state index in [-0.39, 0.29) is 5.91 Å². The van der Waals surface area contributed by atoms with Crippen LogP contribution in [0.2, 0.25) is 0 Å². The number of aryl methyl sites for hydroxylation is 1. The maximum absolute atomic E-state index is 12.1. The maximum atomic E-state index is 12.1. The van der Waals surface area contributed by atoms with E-state index in [4.69, 9.17) is 9.15 Å². The van der Waals surface area contributed by atoms with E-state index >= 15 is 0 Å². The number of hydrogen-bond acceptors (Lipinski definition) is 7. The Labute approximate surface area is 173 Å². The monoisotopic (exact) mass is 413 g/mol. The van der Waals surface area contributed by atoms with E-state index < -0.39 is 0 Å². The minimum Gasteiger partial charge on any atom is -0.463 e. The lowest BCUT2D eigenvalue weighted by atomic mass is 10.0. The summed E-state index contributed by atoms with van der Waals surface area (Å²) in [5.41, 5.74) is 1.67. The van der Waals surface area contributed by atoms with Gasteiger partial charge in [-0.2, -0.15) is 0 Å². The molecule has 0 aliphatic carbocycles. The van der Waals surface area contributed by atoms with Crippen molar-refractivity contribution in [2.75, 3.05) is 18.5 Å². The number of aromatic nitrogens is 2. The van der Waals surface area contributed by atoms with Crippen molar-refractivity contribution in [3.63, 3.8) is 0 Å². The lowest BCUT2D eigenvalue weighted by Gasteiger charge is -2.16. The first-order valence-corrected chi connectivity index (χ1v) is 10.2. The van der Waals surface area contributed by atoms with Gasteiger partial charge in [-0.05, 0) is 49.9 Å². The van der Waals surface area contributed by atoms with Gasteiger partial charge in [0.2, 0.25) is 0 Å². The number of rotatable bonds is 4. The Balaban J connectivity index is 0.000000290. The molecule has 1 saturated heterocycles. The van der Waals surface area contributed by atoms with E-state index in [9.17, 15) is 9.59 Å². The Hall–Kier alpha value is -2.84. The van der Waals surface area contributed by atoms with Crippen molar-refractivity contribution in [2.24, 2.45) is 5.92 Å². The van der Waals surface area contributed by atoms with E-state index in [2.05, 4.69) is 22.2 Å². The maximum Gasteiger partial charge on any atom is 0.259 e. The highest BCUT2D eigenvalue weighted by Gasteiger charge is 2.17. The van der Waals surface area contributed by atoms with Crippen molar-refractivity contribution in [3.05, 3.63) is 52.9 Å². The molecular formula is C21H23N3O4S. The van der Waals surface area contributed by atoms with Gasteiger partial charge in [-0.3, -0.25) is 19.9 Å². The number of nitrogens with zero attached hydrogens (tertiary/aromatic N) is 2. The van der Waals surface area contributed by atoms with E-state index in [0.29, 0.717) is 33.3 Å². The van der Waals surface area contributed by atoms with E-state index in [1.165, 1.54) is 25.3 Å². The number of carbonyl (C=O) groups excluding carboxylic acids is 2. The van der Waals surface area contributed by atoms with Crippen molar-refractivity contribution in [2.45, 2.75) is 26.7 Å².